The maximum atomic E-state index is 14.9. The van der Waals surface area contributed by atoms with Crippen LogP contribution in [0.25, 0.3) is 22.2 Å². The molecule has 2 saturated heterocycles. The third-order valence-electron chi connectivity index (χ3n) is 7.64. The molecule has 0 radical (unpaired) electrons. The molecular formula is C26H27F3N6O. The first-order valence-electron chi connectivity index (χ1n) is 12.3. The lowest BCUT2D eigenvalue weighted by Gasteiger charge is -2.35. The molecule has 3 fully saturated rings. The Morgan fingerprint density at radius 1 is 1.03 bits per heavy atom. The highest BCUT2D eigenvalue weighted by molar-refractivity contribution is 5.97. The van der Waals surface area contributed by atoms with Gasteiger partial charge in [-0.25, -0.2) is 22.9 Å². The lowest BCUT2D eigenvalue weighted by Crippen LogP contribution is -2.46. The van der Waals surface area contributed by atoms with E-state index in [-0.39, 0.29) is 30.5 Å². The van der Waals surface area contributed by atoms with Crippen molar-refractivity contribution in [2.45, 2.75) is 55.9 Å². The molecular weight excluding hydrogens is 469 g/mol. The second-order valence-corrected chi connectivity index (χ2v) is 10.0. The van der Waals surface area contributed by atoms with E-state index < -0.39 is 23.8 Å². The van der Waals surface area contributed by atoms with E-state index in [0.717, 1.165) is 24.6 Å². The number of amides is 2. The number of hydrogen-bond acceptors (Lipinski definition) is 5. The van der Waals surface area contributed by atoms with Crippen LogP contribution in [0.15, 0.2) is 36.5 Å². The van der Waals surface area contributed by atoms with Gasteiger partial charge in [0.05, 0.1) is 23.3 Å². The summed E-state index contributed by atoms with van der Waals surface area (Å²) in [7, 11) is 0. The summed E-state index contributed by atoms with van der Waals surface area (Å²) in [5, 5.41) is 5.47. The van der Waals surface area contributed by atoms with Crippen LogP contribution >= 0.6 is 0 Å². The van der Waals surface area contributed by atoms with Gasteiger partial charge in [0.2, 0.25) is 0 Å². The highest BCUT2D eigenvalue weighted by Crippen LogP contribution is 2.40. The molecule has 2 aromatic heterocycles. The lowest BCUT2D eigenvalue weighted by molar-refractivity contribution is 0.174. The molecule has 3 aromatic rings. The molecule has 0 spiro atoms. The van der Waals surface area contributed by atoms with Crippen molar-refractivity contribution in [1.82, 2.24) is 20.6 Å². The van der Waals surface area contributed by atoms with Gasteiger partial charge in [-0.3, -0.25) is 4.98 Å². The first-order chi connectivity index (χ1) is 17.4. The summed E-state index contributed by atoms with van der Waals surface area (Å²) >= 11 is 0. The molecule has 4 unspecified atom stereocenters. The zero-order valence-corrected chi connectivity index (χ0v) is 19.6. The smallest absolute Gasteiger partial charge is 0.315 e. The zero-order chi connectivity index (χ0) is 25.0. The minimum absolute atomic E-state index is 0.0971. The monoisotopic (exact) mass is 496 g/mol. The number of alkyl halides is 1. The summed E-state index contributed by atoms with van der Waals surface area (Å²) in [6.07, 6.45) is 2.82. The summed E-state index contributed by atoms with van der Waals surface area (Å²) in [6, 6.07) is 6.06. The number of anilines is 1. The Labute approximate surface area is 206 Å². The van der Waals surface area contributed by atoms with Crippen molar-refractivity contribution in [3.8, 4) is 11.1 Å². The molecule has 4 heterocycles. The number of carbonyl (C=O) groups is 1. The van der Waals surface area contributed by atoms with Crippen molar-refractivity contribution in [3.05, 3.63) is 53.9 Å². The molecule has 4 atom stereocenters. The van der Waals surface area contributed by atoms with Gasteiger partial charge in [-0.05, 0) is 55.5 Å². The van der Waals surface area contributed by atoms with Gasteiger partial charge in [-0.2, -0.15) is 0 Å². The Morgan fingerprint density at radius 3 is 2.53 bits per heavy atom. The maximum Gasteiger partial charge on any atom is 0.315 e. The largest absolute Gasteiger partial charge is 0.369 e. The van der Waals surface area contributed by atoms with Crippen molar-refractivity contribution in [1.29, 1.82) is 0 Å². The Morgan fingerprint density at radius 2 is 1.78 bits per heavy atom. The zero-order valence-electron chi connectivity index (χ0n) is 19.6. The molecule has 1 saturated carbocycles. The van der Waals surface area contributed by atoms with E-state index in [2.05, 4.69) is 20.5 Å². The fraction of sp³-hybridized carbons (Fsp3) is 0.423. The molecule has 0 bridgehead atoms. The number of rotatable bonds is 3. The third-order valence-corrected chi connectivity index (χ3v) is 7.64. The van der Waals surface area contributed by atoms with E-state index >= 15 is 0 Å². The SMILES string of the molecule is NC1CCN(c2c(-c3cc(F)cc(F)c3)cnc3ccc(C4CC(F)C5NC(=O)NC5C4)nc23)CC1. The number of fused-ring (bicyclic) bond motifs is 2. The number of nitrogens with zero attached hydrogens (tertiary/aromatic N) is 3. The van der Waals surface area contributed by atoms with Gasteiger partial charge in [0.25, 0.3) is 0 Å². The van der Waals surface area contributed by atoms with Gasteiger partial charge in [-0.1, -0.05) is 0 Å². The quantitative estimate of drug-likeness (QED) is 0.513. The highest BCUT2D eigenvalue weighted by atomic mass is 19.1. The molecule has 3 aliphatic rings. The van der Waals surface area contributed by atoms with Crippen molar-refractivity contribution in [3.63, 3.8) is 0 Å². The van der Waals surface area contributed by atoms with Crippen LogP contribution in [0, 0.1) is 11.6 Å². The molecule has 6 rings (SSSR count). The number of nitrogens with one attached hydrogen (secondary N) is 2. The van der Waals surface area contributed by atoms with Crippen LogP contribution in [0.3, 0.4) is 0 Å². The van der Waals surface area contributed by atoms with Crippen LogP contribution in [0.5, 0.6) is 0 Å². The van der Waals surface area contributed by atoms with E-state index in [0.29, 0.717) is 47.4 Å². The number of nitrogens with two attached hydrogens (primary N) is 1. The molecule has 1 aromatic carbocycles. The Balaban J connectivity index is 1.46. The van der Waals surface area contributed by atoms with Crippen LogP contribution in [-0.2, 0) is 0 Å². The molecule has 36 heavy (non-hydrogen) atoms. The van der Waals surface area contributed by atoms with Crippen molar-refractivity contribution in [2.75, 3.05) is 18.0 Å². The number of benzene rings is 1. The predicted octanol–water partition coefficient (Wildman–Crippen LogP) is 3.77. The van der Waals surface area contributed by atoms with Gasteiger partial charge in [-0.15, -0.1) is 0 Å². The predicted molar refractivity (Wildman–Crippen MR) is 130 cm³/mol. The van der Waals surface area contributed by atoms with Crippen molar-refractivity contribution >= 4 is 22.8 Å². The van der Waals surface area contributed by atoms with E-state index in [1.54, 1.807) is 6.20 Å². The van der Waals surface area contributed by atoms with Gasteiger partial charge in [0.15, 0.2) is 0 Å². The fourth-order valence-corrected chi connectivity index (χ4v) is 5.82. The minimum atomic E-state index is -1.19. The van der Waals surface area contributed by atoms with E-state index in [4.69, 9.17) is 10.7 Å². The number of hydrogen-bond donors (Lipinski definition) is 3. The number of pyridine rings is 2. The molecule has 4 N–H and O–H groups in total. The van der Waals surface area contributed by atoms with Gasteiger partial charge in [0.1, 0.15) is 23.3 Å². The first kappa shape index (κ1) is 23.0. The molecule has 7 nitrogen and oxygen atoms in total. The second kappa shape index (κ2) is 8.92. The van der Waals surface area contributed by atoms with Crippen LogP contribution in [0.1, 0.15) is 37.3 Å². The van der Waals surface area contributed by atoms with Crippen LogP contribution in [-0.4, -0.2) is 53.4 Å². The number of piperidine rings is 1. The van der Waals surface area contributed by atoms with Crippen molar-refractivity contribution in [2.24, 2.45) is 5.73 Å². The standard InChI is InChI=1S/C26H27F3N6O/c27-15-7-13(8-16(28)11-15)18-12-31-21-2-1-20(14-9-19(29)23-22(10-14)33-26(36)34-23)32-24(21)25(18)35-5-3-17(30)4-6-35/h1-2,7-8,11-12,14,17,19,22-23H,3-6,9-10,30H2,(H2,33,34,36). The van der Waals surface area contributed by atoms with Gasteiger partial charge >= 0.3 is 6.03 Å². The first-order valence-corrected chi connectivity index (χ1v) is 12.3. The Hall–Kier alpha value is -3.40. The van der Waals surface area contributed by atoms with E-state index in [1.165, 1.54) is 12.1 Å². The highest BCUT2D eigenvalue weighted by Gasteiger charge is 2.44. The molecule has 10 heteroatoms. The minimum Gasteiger partial charge on any atom is -0.369 e. The number of urea groups is 1. The number of halogens is 3. The summed E-state index contributed by atoms with van der Waals surface area (Å²) in [4.78, 5) is 23.4. The summed E-state index contributed by atoms with van der Waals surface area (Å²) in [6.45, 7) is 1.35. The maximum absolute atomic E-state index is 14.9. The molecule has 2 amide bonds. The second-order valence-electron chi connectivity index (χ2n) is 10.0. The lowest BCUT2D eigenvalue weighted by atomic mass is 9.80. The topological polar surface area (TPSA) is 96.2 Å². The van der Waals surface area contributed by atoms with Crippen LogP contribution in [0.2, 0.25) is 0 Å². The Bertz CT molecular complexity index is 1310. The van der Waals surface area contributed by atoms with Crippen LogP contribution in [0.4, 0.5) is 23.7 Å². The van der Waals surface area contributed by atoms with Gasteiger partial charge in [0, 0.05) is 48.6 Å². The summed E-state index contributed by atoms with van der Waals surface area (Å²) in [5.41, 5.74) is 9.81. The van der Waals surface area contributed by atoms with E-state index in [1.807, 2.05) is 12.1 Å². The summed E-state index contributed by atoms with van der Waals surface area (Å²) in [5.74, 6) is -1.53. The molecule has 188 valence electrons. The third kappa shape index (κ3) is 4.13. The molecule has 2 aliphatic heterocycles. The van der Waals surface area contributed by atoms with E-state index in [9.17, 15) is 18.0 Å². The average Bonchev–Trinajstić information content (AvgIpc) is 3.24. The fourth-order valence-electron chi connectivity index (χ4n) is 5.82. The number of carbonyl (C=O) groups excluding carboxylic acids is 1. The summed E-state index contributed by atoms with van der Waals surface area (Å²) < 4.78 is 43.3. The average molecular weight is 497 g/mol. The van der Waals surface area contributed by atoms with Gasteiger partial charge < -0.3 is 21.3 Å². The van der Waals surface area contributed by atoms with Crippen LogP contribution < -0.4 is 21.3 Å². The van der Waals surface area contributed by atoms with Crippen molar-refractivity contribution < 1.29 is 18.0 Å². The molecule has 1 aliphatic carbocycles. The normalized spacial score (nSPS) is 26.6. The Kier molecular flexibility index (Phi) is 5.70. The number of aromatic nitrogens is 2.